The van der Waals surface area contributed by atoms with Crippen LogP contribution in [0.15, 0.2) is 59.8 Å². The third-order valence-corrected chi connectivity index (χ3v) is 4.49. The molecule has 0 atom stereocenters. The van der Waals surface area contributed by atoms with Gasteiger partial charge in [-0.15, -0.1) is 0 Å². The standard InChI is InChI=1S/C17H21NO5S/c1-16(15(19)23-11-12-24(20,21)22)7-3-13-5-9-17(2,18)10-6-14(13)4-8-16/h3-10H,11-12,18H2,1-2H3,(H,20,21,22). The van der Waals surface area contributed by atoms with E-state index in [1.165, 1.54) is 0 Å². The Kier molecular flexibility index (Phi) is 4.98. The summed E-state index contributed by atoms with van der Waals surface area (Å²) >= 11 is 0. The van der Waals surface area contributed by atoms with Gasteiger partial charge in [0, 0.05) is 0 Å². The smallest absolute Gasteiger partial charge is 0.319 e. The molecular formula is C17H21NO5S. The fourth-order valence-electron chi connectivity index (χ4n) is 2.20. The third-order valence-electron chi connectivity index (χ3n) is 3.81. The molecule has 7 heteroatoms. The van der Waals surface area contributed by atoms with Crippen molar-refractivity contribution >= 4 is 16.1 Å². The Morgan fingerprint density at radius 2 is 1.54 bits per heavy atom. The van der Waals surface area contributed by atoms with Crippen LogP contribution in [0.5, 0.6) is 0 Å². The second-order valence-electron chi connectivity index (χ2n) is 6.31. The highest BCUT2D eigenvalue weighted by atomic mass is 32.2. The zero-order valence-corrected chi connectivity index (χ0v) is 14.4. The molecule has 0 saturated heterocycles. The molecule has 2 aliphatic carbocycles. The molecule has 0 aromatic rings. The lowest BCUT2D eigenvalue weighted by Gasteiger charge is -2.19. The Balaban J connectivity index is 2.15. The Hall–Kier alpha value is -1.96. The van der Waals surface area contributed by atoms with Crippen molar-refractivity contribution < 1.29 is 22.5 Å². The maximum absolute atomic E-state index is 12.3. The molecule has 6 nitrogen and oxygen atoms in total. The summed E-state index contributed by atoms with van der Waals surface area (Å²) < 4.78 is 35.0. The van der Waals surface area contributed by atoms with Crippen LogP contribution in [-0.2, 0) is 19.6 Å². The highest BCUT2D eigenvalue weighted by Gasteiger charge is 2.31. The Bertz CT molecular complexity index is 746. The minimum absolute atomic E-state index is 0.395. The van der Waals surface area contributed by atoms with Crippen LogP contribution in [0.3, 0.4) is 0 Å². The first-order chi connectivity index (χ1) is 11.0. The number of hydrogen-bond donors (Lipinski definition) is 2. The molecule has 0 spiro atoms. The molecule has 0 unspecified atom stereocenters. The van der Waals surface area contributed by atoms with Gasteiger partial charge in [0.1, 0.15) is 17.8 Å². The van der Waals surface area contributed by atoms with Gasteiger partial charge in [-0.05, 0) is 25.0 Å². The monoisotopic (exact) mass is 351 g/mol. The van der Waals surface area contributed by atoms with E-state index in [1.807, 2.05) is 43.4 Å². The molecule has 0 aromatic carbocycles. The van der Waals surface area contributed by atoms with E-state index in [1.54, 1.807) is 19.1 Å². The molecule has 3 N–H and O–H groups in total. The van der Waals surface area contributed by atoms with Crippen molar-refractivity contribution in [1.82, 2.24) is 0 Å². The molecule has 0 radical (unpaired) electrons. The van der Waals surface area contributed by atoms with Crippen molar-refractivity contribution in [2.24, 2.45) is 11.1 Å². The van der Waals surface area contributed by atoms with Crippen LogP contribution in [0, 0.1) is 5.41 Å². The number of carbonyl (C=O) groups is 1. The van der Waals surface area contributed by atoms with Gasteiger partial charge in [0.05, 0.1) is 5.54 Å². The number of ether oxygens (including phenoxy) is 1. The van der Waals surface area contributed by atoms with E-state index in [4.69, 9.17) is 15.0 Å². The van der Waals surface area contributed by atoms with Crippen molar-refractivity contribution in [3.8, 4) is 0 Å². The normalized spacial score (nSPS) is 21.2. The van der Waals surface area contributed by atoms with Crippen LogP contribution in [0.4, 0.5) is 0 Å². The van der Waals surface area contributed by atoms with Crippen LogP contribution in [-0.4, -0.2) is 36.8 Å². The van der Waals surface area contributed by atoms with Crippen LogP contribution in [0.1, 0.15) is 13.8 Å². The lowest BCUT2D eigenvalue weighted by atomic mass is 9.90. The molecule has 0 amide bonds. The van der Waals surface area contributed by atoms with Crippen LogP contribution < -0.4 is 5.73 Å². The zero-order valence-electron chi connectivity index (χ0n) is 13.6. The van der Waals surface area contributed by atoms with E-state index in [0.29, 0.717) is 0 Å². The predicted octanol–water partition coefficient (Wildman–Crippen LogP) is 1.69. The molecule has 0 aromatic heterocycles. The highest BCUT2D eigenvalue weighted by Crippen LogP contribution is 2.30. The van der Waals surface area contributed by atoms with E-state index in [-0.39, 0.29) is 0 Å². The quantitative estimate of drug-likeness (QED) is 0.590. The molecule has 0 saturated carbocycles. The van der Waals surface area contributed by atoms with Crippen molar-refractivity contribution in [3.05, 3.63) is 59.8 Å². The summed E-state index contributed by atoms with van der Waals surface area (Å²) in [5, 5.41) is 0. The second kappa shape index (κ2) is 6.51. The number of hydrogen-bond acceptors (Lipinski definition) is 5. The summed E-state index contributed by atoms with van der Waals surface area (Å²) in [6.07, 6.45) is 14.5. The van der Waals surface area contributed by atoms with Gasteiger partial charge < -0.3 is 10.5 Å². The van der Waals surface area contributed by atoms with Crippen molar-refractivity contribution in [1.29, 1.82) is 0 Å². The van der Waals surface area contributed by atoms with E-state index in [2.05, 4.69) is 0 Å². The largest absolute Gasteiger partial charge is 0.464 e. The first-order valence-electron chi connectivity index (χ1n) is 7.43. The fraction of sp³-hybridized carbons (Fsp3) is 0.353. The number of esters is 1. The van der Waals surface area contributed by atoms with Gasteiger partial charge in [0.15, 0.2) is 0 Å². The van der Waals surface area contributed by atoms with Gasteiger partial charge >= 0.3 is 5.97 Å². The van der Waals surface area contributed by atoms with Crippen molar-refractivity contribution in [3.63, 3.8) is 0 Å². The van der Waals surface area contributed by atoms with E-state index < -0.39 is 39.4 Å². The van der Waals surface area contributed by atoms with Crippen molar-refractivity contribution in [2.75, 3.05) is 12.4 Å². The molecule has 130 valence electrons. The molecule has 24 heavy (non-hydrogen) atoms. The summed E-state index contributed by atoms with van der Waals surface area (Å²) in [5.41, 5.74) is 6.32. The first kappa shape index (κ1) is 18.4. The number of allylic oxidation sites excluding steroid dienone is 6. The Morgan fingerprint density at radius 1 is 1.08 bits per heavy atom. The summed E-state index contributed by atoms with van der Waals surface area (Å²) in [7, 11) is -4.16. The van der Waals surface area contributed by atoms with E-state index >= 15 is 0 Å². The molecule has 2 rings (SSSR count). The minimum Gasteiger partial charge on any atom is -0.464 e. The average Bonchev–Trinajstić information content (AvgIpc) is 2.71. The molecule has 2 aliphatic rings. The SMILES string of the molecule is CC1(N)C=CC2=C(C=C1)C=CC(C)(C(=O)OCCS(=O)(=O)O)C=C2. The fourth-order valence-corrected chi connectivity index (χ4v) is 2.50. The summed E-state index contributed by atoms with van der Waals surface area (Å²) in [4.78, 5) is 12.3. The highest BCUT2D eigenvalue weighted by molar-refractivity contribution is 7.85. The summed E-state index contributed by atoms with van der Waals surface area (Å²) in [6.45, 7) is 3.16. The minimum atomic E-state index is -4.16. The Morgan fingerprint density at radius 3 is 2.00 bits per heavy atom. The van der Waals surface area contributed by atoms with Gasteiger partial charge in [0.2, 0.25) is 0 Å². The summed E-state index contributed by atoms with van der Waals surface area (Å²) in [5.74, 6) is -1.22. The third kappa shape index (κ3) is 4.77. The Labute approximate surface area is 141 Å². The van der Waals surface area contributed by atoms with Crippen LogP contribution in [0.25, 0.3) is 0 Å². The predicted molar refractivity (Wildman–Crippen MR) is 91.7 cm³/mol. The zero-order chi connectivity index (χ0) is 18.0. The van der Waals surface area contributed by atoms with Gasteiger partial charge in [-0.3, -0.25) is 9.35 Å². The maximum atomic E-state index is 12.3. The van der Waals surface area contributed by atoms with E-state index in [9.17, 15) is 13.2 Å². The lowest BCUT2D eigenvalue weighted by molar-refractivity contribution is -0.149. The number of nitrogens with two attached hydrogens (primary N) is 1. The molecule has 0 fully saturated rings. The second-order valence-corrected chi connectivity index (χ2v) is 7.89. The van der Waals surface area contributed by atoms with Gasteiger partial charge in [-0.25, -0.2) is 0 Å². The van der Waals surface area contributed by atoms with E-state index in [0.717, 1.165) is 11.1 Å². The van der Waals surface area contributed by atoms with Crippen LogP contribution in [0.2, 0.25) is 0 Å². The lowest BCUT2D eigenvalue weighted by Crippen LogP contribution is -2.30. The maximum Gasteiger partial charge on any atom is 0.319 e. The van der Waals surface area contributed by atoms with Gasteiger partial charge in [0.25, 0.3) is 10.1 Å². The molecule has 0 bridgehead atoms. The summed E-state index contributed by atoms with van der Waals surface area (Å²) in [6, 6.07) is 0. The molecule has 0 heterocycles. The topological polar surface area (TPSA) is 107 Å². The average molecular weight is 351 g/mol. The molecular weight excluding hydrogens is 330 g/mol. The van der Waals surface area contributed by atoms with Gasteiger partial charge in [-0.2, -0.15) is 8.42 Å². The first-order valence-corrected chi connectivity index (χ1v) is 9.04. The van der Waals surface area contributed by atoms with Crippen LogP contribution >= 0.6 is 0 Å². The number of carbonyl (C=O) groups excluding carboxylic acids is 1. The molecule has 0 aliphatic heterocycles. The van der Waals surface area contributed by atoms with Crippen molar-refractivity contribution in [2.45, 2.75) is 19.4 Å². The number of rotatable bonds is 4. The van der Waals surface area contributed by atoms with Gasteiger partial charge in [-0.1, -0.05) is 48.6 Å².